The first-order valence-corrected chi connectivity index (χ1v) is 5.73. The molecule has 0 aromatic heterocycles. The van der Waals surface area contributed by atoms with Crippen molar-refractivity contribution in [2.24, 2.45) is 0 Å². The van der Waals surface area contributed by atoms with Gasteiger partial charge in [0.2, 0.25) is 5.91 Å². The van der Waals surface area contributed by atoms with Crippen molar-refractivity contribution in [2.45, 2.75) is 11.4 Å². The van der Waals surface area contributed by atoms with E-state index in [1.807, 2.05) is 0 Å². The van der Waals surface area contributed by atoms with Gasteiger partial charge in [0.1, 0.15) is 11.1 Å². The number of β-lactam (4-membered cyclic amide) rings is 1. The number of carbonyl (C=O) groups excluding carboxylic acids is 2. The van der Waals surface area contributed by atoms with Crippen molar-refractivity contribution in [2.75, 3.05) is 19.1 Å². The molecule has 1 aromatic rings. The van der Waals surface area contributed by atoms with Gasteiger partial charge in [0.05, 0.1) is 14.2 Å². The molecule has 5 nitrogen and oxygen atoms in total. The van der Waals surface area contributed by atoms with E-state index >= 15 is 0 Å². The highest BCUT2D eigenvalue weighted by atomic mass is 35.5. The monoisotopic (exact) mass is 269 g/mol. The predicted molar refractivity (Wildman–Crippen MR) is 65.9 cm³/mol. The third kappa shape index (κ3) is 1.90. The van der Waals surface area contributed by atoms with E-state index in [4.69, 9.17) is 16.3 Å². The van der Waals surface area contributed by atoms with Crippen LogP contribution in [-0.2, 0) is 14.3 Å². The average molecular weight is 270 g/mol. The van der Waals surface area contributed by atoms with Crippen LogP contribution in [0.15, 0.2) is 24.3 Å². The molecule has 1 saturated heterocycles. The minimum atomic E-state index is -0.862. The highest BCUT2D eigenvalue weighted by Gasteiger charge is 2.52. The maximum Gasteiger partial charge on any atom is 0.331 e. The predicted octanol–water partition coefficient (Wildman–Crippen LogP) is 1.19. The van der Waals surface area contributed by atoms with Crippen molar-refractivity contribution in [3.8, 4) is 5.75 Å². The van der Waals surface area contributed by atoms with E-state index in [1.165, 1.54) is 12.0 Å². The SMILES string of the molecule is COC(=O)[C@@H]1[C@H](Cl)C(=O)N1c1ccc(OC)cc1. The summed E-state index contributed by atoms with van der Waals surface area (Å²) in [6, 6.07) is 6.03. The topological polar surface area (TPSA) is 55.8 Å². The van der Waals surface area contributed by atoms with Crippen LogP contribution < -0.4 is 9.64 Å². The zero-order valence-corrected chi connectivity index (χ0v) is 10.7. The smallest absolute Gasteiger partial charge is 0.331 e. The number of methoxy groups -OCH3 is 2. The van der Waals surface area contributed by atoms with E-state index in [1.54, 1.807) is 31.4 Å². The third-order valence-corrected chi connectivity index (χ3v) is 3.25. The Kier molecular flexibility index (Phi) is 3.43. The molecule has 1 aliphatic heterocycles. The van der Waals surface area contributed by atoms with Crippen molar-refractivity contribution >= 4 is 29.2 Å². The quantitative estimate of drug-likeness (QED) is 0.470. The number of esters is 1. The number of halogens is 1. The number of carbonyl (C=O) groups is 2. The maximum atomic E-state index is 11.7. The number of nitrogens with zero attached hydrogens (tertiary/aromatic N) is 1. The Hall–Kier alpha value is -1.75. The minimum absolute atomic E-state index is 0.308. The first-order chi connectivity index (χ1) is 8.60. The van der Waals surface area contributed by atoms with Crippen molar-refractivity contribution in [1.29, 1.82) is 0 Å². The van der Waals surface area contributed by atoms with Crippen LogP contribution in [0, 0.1) is 0 Å². The number of rotatable bonds is 3. The molecular weight excluding hydrogens is 258 g/mol. The van der Waals surface area contributed by atoms with Gasteiger partial charge >= 0.3 is 5.97 Å². The summed E-state index contributed by atoms with van der Waals surface area (Å²) in [5.74, 6) is -0.161. The van der Waals surface area contributed by atoms with Gasteiger partial charge in [0.25, 0.3) is 0 Å². The lowest BCUT2D eigenvalue weighted by atomic mass is 10.00. The van der Waals surface area contributed by atoms with Gasteiger partial charge in [0, 0.05) is 5.69 Å². The molecule has 0 aliphatic carbocycles. The molecule has 18 heavy (non-hydrogen) atoms. The zero-order chi connectivity index (χ0) is 13.3. The zero-order valence-electron chi connectivity index (χ0n) is 9.92. The lowest BCUT2D eigenvalue weighted by molar-refractivity contribution is -0.147. The van der Waals surface area contributed by atoms with Crippen LogP contribution in [0.4, 0.5) is 5.69 Å². The summed E-state index contributed by atoms with van der Waals surface area (Å²) in [6.45, 7) is 0. The second kappa shape index (κ2) is 4.86. The Bertz CT molecular complexity index is 473. The van der Waals surface area contributed by atoms with Gasteiger partial charge in [-0.15, -0.1) is 11.6 Å². The van der Waals surface area contributed by atoms with Crippen LogP contribution in [0.25, 0.3) is 0 Å². The highest BCUT2D eigenvalue weighted by molar-refractivity contribution is 6.39. The van der Waals surface area contributed by atoms with Crippen molar-refractivity contribution in [3.05, 3.63) is 24.3 Å². The maximum absolute atomic E-state index is 11.7. The number of hydrogen-bond acceptors (Lipinski definition) is 4. The molecule has 1 fully saturated rings. The molecule has 0 bridgehead atoms. The molecule has 1 heterocycles. The minimum Gasteiger partial charge on any atom is -0.497 e. The molecule has 1 aromatic carbocycles. The molecule has 2 atom stereocenters. The molecule has 6 heteroatoms. The van der Waals surface area contributed by atoms with Crippen molar-refractivity contribution in [3.63, 3.8) is 0 Å². The number of benzene rings is 1. The fraction of sp³-hybridized carbons (Fsp3) is 0.333. The van der Waals surface area contributed by atoms with Crippen LogP contribution >= 0.6 is 11.6 Å². The molecule has 0 N–H and O–H groups in total. The lowest BCUT2D eigenvalue weighted by Gasteiger charge is -2.42. The van der Waals surface area contributed by atoms with Gasteiger partial charge in [0.15, 0.2) is 6.04 Å². The Morgan fingerprint density at radius 3 is 2.39 bits per heavy atom. The van der Waals surface area contributed by atoms with Gasteiger partial charge in [-0.3, -0.25) is 9.69 Å². The molecule has 0 radical (unpaired) electrons. The Morgan fingerprint density at radius 2 is 1.89 bits per heavy atom. The Balaban J connectivity index is 2.25. The molecule has 96 valence electrons. The van der Waals surface area contributed by atoms with Crippen LogP contribution in [-0.4, -0.2) is 37.5 Å². The van der Waals surface area contributed by atoms with Crippen LogP contribution in [0.1, 0.15) is 0 Å². The lowest BCUT2D eigenvalue weighted by Crippen LogP contribution is -2.66. The van der Waals surface area contributed by atoms with Crippen LogP contribution in [0.3, 0.4) is 0 Å². The number of anilines is 1. The summed E-state index contributed by atoms with van der Waals surface area (Å²) in [4.78, 5) is 24.6. The fourth-order valence-corrected chi connectivity index (χ4v) is 2.15. The summed E-state index contributed by atoms with van der Waals surface area (Å²) in [6.07, 6.45) is 0. The Morgan fingerprint density at radius 1 is 1.28 bits per heavy atom. The van der Waals surface area contributed by atoms with Crippen LogP contribution in [0.5, 0.6) is 5.75 Å². The van der Waals surface area contributed by atoms with E-state index in [0.717, 1.165) is 0 Å². The van der Waals surface area contributed by atoms with Crippen LogP contribution in [0.2, 0.25) is 0 Å². The fourth-order valence-electron chi connectivity index (χ4n) is 1.83. The summed E-state index contributed by atoms with van der Waals surface area (Å²) in [5.41, 5.74) is 0.591. The average Bonchev–Trinajstić information content (AvgIpc) is 2.43. The van der Waals surface area contributed by atoms with Gasteiger partial charge < -0.3 is 9.47 Å². The summed E-state index contributed by atoms with van der Waals surface area (Å²) in [7, 11) is 2.82. The normalized spacial score (nSPS) is 22.4. The van der Waals surface area contributed by atoms with E-state index in [2.05, 4.69) is 4.74 Å². The number of amides is 1. The van der Waals surface area contributed by atoms with Gasteiger partial charge in [-0.1, -0.05) is 0 Å². The molecule has 0 unspecified atom stereocenters. The Labute approximate surface area is 109 Å². The molecule has 0 saturated carbocycles. The molecule has 1 amide bonds. The van der Waals surface area contributed by atoms with E-state index in [0.29, 0.717) is 11.4 Å². The molecule has 0 spiro atoms. The standard InChI is InChI=1S/C12H12ClNO4/c1-17-8-5-3-7(4-6-8)14-10(12(16)18-2)9(13)11(14)15/h3-6,9-10H,1-2H3/t9-,10-/m0/s1. The van der Waals surface area contributed by atoms with E-state index < -0.39 is 17.4 Å². The third-order valence-electron chi connectivity index (χ3n) is 2.82. The van der Waals surface area contributed by atoms with Crippen molar-refractivity contribution < 1.29 is 19.1 Å². The van der Waals surface area contributed by atoms with Crippen molar-refractivity contribution in [1.82, 2.24) is 0 Å². The first-order valence-electron chi connectivity index (χ1n) is 5.29. The highest BCUT2D eigenvalue weighted by Crippen LogP contribution is 2.33. The number of alkyl halides is 1. The van der Waals surface area contributed by atoms with Gasteiger partial charge in [-0.25, -0.2) is 4.79 Å². The summed E-state index contributed by atoms with van der Waals surface area (Å²) in [5, 5.41) is -0.862. The largest absolute Gasteiger partial charge is 0.497 e. The molecule has 2 rings (SSSR count). The number of ether oxygens (including phenoxy) is 2. The first kappa shape index (κ1) is 12.7. The van der Waals surface area contributed by atoms with E-state index in [9.17, 15) is 9.59 Å². The molecular formula is C12H12ClNO4. The second-order valence-corrected chi connectivity index (χ2v) is 4.25. The van der Waals surface area contributed by atoms with Gasteiger partial charge in [-0.05, 0) is 24.3 Å². The number of hydrogen-bond donors (Lipinski definition) is 0. The summed E-state index contributed by atoms with van der Waals surface area (Å²) >= 11 is 5.83. The second-order valence-electron chi connectivity index (χ2n) is 3.78. The van der Waals surface area contributed by atoms with Gasteiger partial charge in [-0.2, -0.15) is 0 Å². The molecule has 1 aliphatic rings. The van der Waals surface area contributed by atoms with E-state index in [-0.39, 0.29) is 5.91 Å². The summed E-state index contributed by atoms with van der Waals surface area (Å²) < 4.78 is 9.65.